The number of nitrogens with zero attached hydrogens (tertiary/aromatic N) is 1. The van der Waals surface area contributed by atoms with E-state index in [9.17, 15) is 4.79 Å². The van der Waals surface area contributed by atoms with E-state index >= 15 is 0 Å². The molecule has 2 atom stereocenters. The van der Waals surface area contributed by atoms with Crippen LogP contribution in [0.15, 0.2) is 30.3 Å². The van der Waals surface area contributed by atoms with Crippen LogP contribution in [0.4, 0.5) is 0 Å². The first-order valence-electron chi connectivity index (χ1n) is 8.02. The number of nitrogens with two attached hydrogens (primary N) is 1. The zero-order valence-corrected chi connectivity index (χ0v) is 13.5. The lowest BCUT2D eigenvalue weighted by Crippen LogP contribution is -2.43. The van der Waals surface area contributed by atoms with Gasteiger partial charge in [-0.1, -0.05) is 51.1 Å². The van der Waals surface area contributed by atoms with Gasteiger partial charge in [-0.2, -0.15) is 0 Å². The van der Waals surface area contributed by atoms with Crippen molar-refractivity contribution in [1.82, 2.24) is 4.90 Å². The van der Waals surface area contributed by atoms with Crippen molar-refractivity contribution in [3.05, 3.63) is 35.9 Å². The van der Waals surface area contributed by atoms with Crippen LogP contribution in [-0.2, 0) is 4.79 Å². The predicted octanol–water partition coefficient (Wildman–Crippen LogP) is 3.01. The van der Waals surface area contributed by atoms with Crippen LogP contribution in [0.5, 0.6) is 0 Å². The molecular formula is C18H28N2O. The molecule has 3 nitrogen and oxygen atoms in total. The summed E-state index contributed by atoms with van der Waals surface area (Å²) in [6, 6.07) is 10.4. The highest BCUT2D eigenvalue weighted by Crippen LogP contribution is 2.48. The molecule has 1 saturated carbocycles. The minimum atomic E-state index is -0.0119. The summed E-state index contributed by atoms with van der Waals surface area (Å²) in [7, 11) is 0. The van der Waals surface area contributed by atoms with Crippen molar-refractivity contribution in [2.45, 2.75) is 39.5 Å². The molecule has 0 spiro atoms. The van der Waals surface area contributed by atoms with Crippen molar-refractivity contribution < 1.29 is 4.79 Å². The van der Waals surface area contributed by atoms with Gasteiger partial charge >= 0.3 is 0 Å². The maximum Gasteiger partial charge on any atom is 0.226 e. The van der Waals surface area contributed by atoms with E-state index in [1.165, 1.54) is 5.56 Å². The van der Waals surface area contributed by atoms with Gasteiger partial charge in [0.2, 0.25) is 5.91 Å². The van der Waals surface area contributed by atoms with Gasteiger partial charge in [0.05, 0.1) is 0 Å². The number of hydrogen-bond donors (Lipinski definition) is 1. The Morgan fingerprint density at radius 3 is 2.57 bits per heavy atom. The van der Waals surface area contributed by atoms with Crippen LogP contribution in [0, 0.1) is 11.3 Å². The highest BCUT2D eigenvalue weighted by molar-refractivity contribution is 5.83. The summed E-state index contributed by atoms with van der Waals surface area (Å²) in [5.74, 6) is 0.902. The second-order valence-electron chi connectivity index (χ2n) is 6.99. The number of carbonyl (C=O) groups excluding carboxylic acids is 1. The van der Waals surface area contributed by atoms with Crippen molar-refractivity contribution in [3.63, 3.8) is 0 Å². The van der Waals surface area contributed by atoms with E-state index in [1.54, 1.807) is 0 Å². The number of benzene rings is 1. The summed E-state index contributed by atoms with van der Waals surface area (Å²) in [6.07, 6.45) is 1.99. The lowest BCUT2D eigenvalue weighted by atomic mass is 9.92. The van der Waals surface area contributed by atoms with Gasteiger partial charge in [0.25, 0.3) is 0 Å². The summed E-state index contributed by atoms with van der Waals surface area (Å²) >= 11 is 0. The van der Waals surface area contributed by atoms with Crippen LogP contribution < -0.4 is 5.73 Å². The molecule has 0 bridgehead atoms. The van der Waals surface area contributed by atoms with Crippen molar-refractivity contribution in [2.24, 2.45) is 17.1 Å². The molecule has 3 heteroatoms. The quantitative estimate of drug-likeness (QED) is 0.838. The fraction of sp³-hybridized carbons (Fsp3) is 0.611. The van der Waals surface area contributed by atoms with Gasteiger partial charge < -0.3 is 10.6 Å². The van der Waals surface area contributed by atoms with E-state index in [-0.39, 0.29) is 11.3 Å². The van der Waals surface area contributed by atoms with Crippen molar-refractivity contribution in [2.75, 3.05) is 19.6 Å². The molecule has 0 saturated heterocycles. The van der Waals surface area contributed by atoms with Crippen molar-refractivity contribution in [3.8, 4) is 0 Å². The number of carbonyl (C=O) groups is 1. The van der Waals surface area contributed by atoms with Gasteiger partial charge in [-0.05, 0) is 36.3 Å². The average Bonchev–Trinajstić information content (AvgIpc) is 3.27. The molecule has 1 fully saturated rings. The maximum atomic E-state index is 12.8. The smallest absolute Gasteiger partial charge is 0.226 e. The zero-order valence-electron chi connectivity index (χ0n) is 13.5. The van der Waals surface area contributed by atoms with Gasteiger partial charge in [0, 0.05) is 19.0 Å². The highest BCUT2D eigenvalue weighted by Gasteiger charge is 2.46. The van der Waals surface area contributed by atoms with E-state index < -0.39 is 0 Å². The molecule has 0 radical (unpaired) electrons. The van der Waals surface area contributed by atoms with E-state index in [1.807, 2.05) is 11.0 Å². The van der Waals surface area contributed by atoms with E-state index in [0.717, 1.165) is 25.9 Å². The fourth-order valence-electron chi connectivity index (χ4n) is 2.89. The van der Waals surface area contributed by atoms with Crippen LogP contribution in [-0.4, -0.2) is 30.4 Å². The van der Waals surface area contributed by atoms with E-state index in [4.69, 9.17) is 5.73 Å². The number of hydrogen-bond acceptors (Lipinski definition) is 2. The zero-order chi connectivity index (χ0) is 15.5. The minimum absolute atomic E-state index is 0.0119. The molecular weight excluding hydrogens is 260 g/mol. The van der Waals surface area contributed by atoms with Crippen LogP contribution in [0.2, 0.25) is 0 Å². The largest absolute Gasteiger partial charge is 0.342 e. The normalized spacial score (nSPS) is 21.1. The van der Waals surface area contributed by atoms with Crippen LogP contribution in [0.3, 0.4) is 0 Å². The first-order valence-corrected chi connectivity index (χ1v) is 8.02. The van der Waals surface area contributed by atoms with Gasteiger partial charge in [-0.25, -0.2) is 0 Å². The Balaban J connectivity index is 2.00. The molecule has 116 valence electrons. The summed E-state index contributed by atoms with van der Waals surface area (Å²) in [6.45, 7) is 8.58. The summed E-state index contributed by atoms with van der Waals surface area (Å²) in [5.41, 5.74) is 7.11. The van der Waals surface area contributed by atoms with E-state index in [0.29, 0.717) is 18.4 Å². The van der Waals surface area contributed by atoms with Crippen LogP contribution in [0.25, 0.3) is 0 Å². The Bertz CT molecular complexity index is 469. The Kier molecular flexibility index (Phi) is 5.04. The van der Waals surface area contributed by atoms with Gasteiger partial charge in [-0.3, -0.25) is 4.79 Å². The van der Waals surface area contributed by atoms with Gasteiger partial charge in [-0.15, -0.1) is 0 Å². The van der Waals surface area contributed by atoms with Crippen molar-refractivity contribution >= 4 is 5.91 Å². The van der Waals surface area contributed by atoms with Crippen LogP contribution >= 0.6 is 0 Å². The third-order valence-corrected chi connectivity index (χ3v) is 4.31. The molecule has 2 unspecified atom stereocenters. The Morgan fingerprint density at radius 2 is 2.00 bits per heavy atom. The summed E-state index contributed by atoms with van der Waals surface area (Å²) in [5, 5.41) is 0. The van der Waals surface area contributed by atoms with Crippen LogP contribution in [0.1, 0.15) is 45.1 Å². The molecule has 0 aromatic heterocycles. The molecule has 0 aliphatic heterocycles. The second kappa shape index (κ2) is 6.61. The lowest BCUT2D eigenvalue weighted by molar-refractivity contribution is -0.134. The summed E-state index contributed by atoms with van der Waals surface area (Å²) in [4.78, 5) is 14.8. The third-order valence-electron chi connectivity index (χ3n) is 4.31. The monoisotopic (exact) mass is 288 g/mol. The standard InChI is InChI=1S/C18H28N2O/c1-4-10-20(13-18(2,3)12-19)17(21)16-11-15(16)14-8-6-5-7-9-14/h5-9,15-16H,4,10-13,19H2,1-3H3. The SMILES string of the molecule is CCCN(CC(C)(C)CN)C(=O)C1CC1c1ccccc1. The van der Waals surface area contributed by atoms with Gasteiger partial charge in [0.15, 0.2) is 0 Å². The third kappa shape index (κ3) is 4.07. The first kappa shape index (κ1) is 16.0. The number of rotatable bonds is 7. The topological polar surface area (TPSA) is 46.3 Å². The Morgan fingerprint density at radius 1 is 1.33 bits per heavy atom. The number of amides is 1. The molecule has 1 aromatic carbocycles. The Labute approximate surface area is 128 Å². The molecule has 1 aliphatic carbocycles. The highest BCUT2D eigenvalue weighted by atomic mass is 16.2. The lowest BCUT2D eigenvalue weighted by Gasteiger charge is -2.32. The minimum Gasteiger partial charge on any atom is -0.342 e. The molecule has 2 rings (SSSR count). The summed E-state index contributed by atoms with van der Waals surface area (Å²) < 4.78 is 0. The molecule has 2 N–H and O–H groups in total. The molecule has 1 amide bonds. The fourth-order valence-corrected chi connectivity index (χ4v) is 2.89. The van der Waals surface area contributed by atoms with Crippen molar-refractivity contribution in [1.29, 1.82) is 0 Å². The maximum absolute atomic E-state index is 12.8. The second-order valence-corrected chi connectivity index (χ2v) is 6.99. The molecule has 21 heavy (non-hydrogen) atoms. The molecule has 0 heterocycles. The first-order chi connectivity index (χ1) is 9.98. The average molecular weight is 288 g/mol. The Hall–Kier alpha value is -1.35. The van der Waals surface area contributed by atoms with Gasteiger partial charge in [0.1, 0.15) is 0 Å². The predicted molar refractivity (Wildman–Crippen MR) is 87.0 cm³/mol. The molecule has 1 aliphatic rings. The molecule has 1 aromatic rings. The van der Waals surface area contributed by atoms with E-state index in [2.05, 4.69) is 45.0 Å².